The van der Waals surface area contributed by atoms with Crippen LogP contribution in [-0.4, -0.2) is 56.5 Å². The van der Waals surface area contributed by atoms with Gasteiger partial charge in [-0.05, 0) is 19.8 Å². The van der Waals surface area contributed by atoms with Gasteiger partial charge in [0.1, 0.15) is 0 Å². The van der Waals surface area contributed by atoms with Crippen molar-refractivity contribution in [2.45, 2.75) is 31.9 Å². The van der Waals surface area contributed by atoms with Crippen molar-refractivity contribution in [3.63, 3.8) is 0 Å². The summed E-state index contributed by atoms with van der Waals surface area (Å²) < 4.78 is 11.2. The fourth-order valence-electron chi connectivity index (χ4n) is 2.82. The summed E-state index contributed by atoms with van der Waals surface area (Å²) in [5.41, 5.74) is 5.94. The molecule has 2 N–H and O–H groups in total. The summed E-state index contributed by atoms with van der Waals surface area (Å²) in [7, 11) is 0. The largest absolute Gasteiger partial charge is 0.381 e. The zero-order chi connectivity index (χ0) is 11.4. The third-order valence-electron chi connectivity index (χ3n) is 3.70. The summed E-state index contributed by atoms with van der Waals surface area (Å²) in [5.74, 6) is 0.621. The van der Waals surface area contributed by atoms with E-state index in [4.69, 9.17) is 15.2 Å². The van der Waals surface area contributed by atoms with Gasteiger partial charge in [-0.25, -0.2) is 0 Å². The minimum Gasteiger partial charge on any atom is -0.381 e. The van der Waals surface area contributed by atoms with E-state index < -0.39 is 0 Å². The molecule has 4 heteroatoms. The number of rotatable bonds is 3. The molecule has 0 amide bonds. The van der Waals surface area contributed by atoms with Crippen molar-refractivity contribution in [3.8, 4) is 0 Å². The molecule has 16 heavy (non-hydrogen) atoms. The second-order valence-corrected chi connectivity index (χ2v) is 4.96. The van der Waals surface area contributed by atoms with Crippen molar-refractivity contribution in [1.82, 2.24) is 4.90 Å². The van der Waals surface area contributed by atoms with Crippen LogP contribution in [0.3, 0.4) is 0 Å². The molecular formula is C12H24N2O2. The molecule has 0 radical (unpaired) electrons. The first-order valence-electron chi connectivity index (χ1n) is 6.44. The lowest BCUT2D eigenvalue weighted by Crippen LogP contribution is -2.48. The highest BCUT2D eigenvalue weighted by Gasteiger charge is 2.30. The van der Waals surface area contributed by atoms with Crippen LogP contribution < -0.4 is 5.73 Å². The Labute approximate surface area is 98.1 Å². The molecule has 0 spiro atoms. The second kappa shape index (κ2) is 5.96. The third kappa shape index (κ3) is 2.94. The van der Waals surface area contributed by atoms with Gasteiger partial charge in [0.05, 0.1) is 12.7 Å². The molecule has 2 aliphatic rings. The molecule has 2 heterocycles. The van der Waals surface area contributed by atoms with Crippen LogP contribution in [0.25, 0.3) is 0 Å². The number of hydrogen-bond acceptors (Lipinski definition) is 4. The van der Waals surface area contributed by atoms with E-state index in [1.165, 1.54) is 0 Å². The molecule has 0 aliphatic carbocycles. The van der Waals surface area contributed by atoms with Gasteiger partial charge in [-0.2, -0.15) is 0 Å². The Morgan fingerprint density at radius 2 is 2.31 bits per heavy atom. The predicted molar refractivity (Wildman–Crippen MR) is 63.4 cm³/mol. The van der Waals surface area contributed by atoms with Crippen molar-refractivity contribution in [2.24, 2.45) is 11.7 Å². The summed E-state index contributed by atoms with van der Waals surface area (Å²) in [4.78, 5) is 2.51. The number of hydrogen-bond donors (Lipinski definition) is 1. The van der Waals surface area contributed by atoms with Gasteiger partial charge >= 0.3 is 0 Å². The molecule has 2 fully saturated rings. The van der Waals surface area contributed by atoms with Crippen molar-refractivity contribution >= 4 is 0 Å². The molecule has 2 saturated heterocycles. The number of nitrogens with two attached hydrogens (primary N) is 1. The summed E-state index contributed by atoms with van der Waals surface area (Å²) in [5, 5.41) is 0. The van der Waals surface area contributed by atoms with E-state index in [1.807, 2.05) is 0 Å². The Bertz CT molecular complexity index is 207. The zero-order valence-corrected chi connectivity index (χ0v) is 10.2. The maximum atomic E-state index is 5.94. The first-order chi connectivity index (χ1) is 7.81. The molecule has 0 bridgehead atoms. The first kappa shape index (κ1) is 12.3. The van der Waals surface area contributed by atoms with Crippen molar-refractivity contribution in [3.05, 3.63) is 0 Å². The Kier molecular flexibility index (Phi) is 4.58. The van der Waals surface area contributed by atoms with Crippen LogP contribution in [0.15, 0.2) is 0 Å². The lowest BCUT2D eigenvalue weighted by molar-refractivity contribution is 0.0526. The maximum Gasteiger partial charge on any atom is 0.0674 e. The molecule has 0 aromatic rings. The van der Waals surface area contributed by atoms with E-state index in [0.29, 0.717) is 18.1 Å². The van der Waals surface area contributed by atoms with E-state index in [2.05, 4.69) is 11.8 Å². The predicted octanol–water partition coefficient (Wildman–Crippen LogP) is 0.461. The van der Waals surface area contributed by atoms with E-state index in [-0.39, 0.29) is 0 Å². The summed E-state index contributed by atoms with van der Waals surface area (Å²) >= 11 is 0. The van der Waals surface area contributed by atoms with Crippen LogP contribution in [0.4, 0.5) is 0 Å². The van der Waals surface area contributed by atoms with Gasteiger partial charge in [0.2, 0.25) is 0 Å². The lowest BCUT2D eigenvalue weighted by Gasteiger charge is -2.34. The number of nitrogens with zero attached hydrogens (tertiary/aromatic N) is 1. The topological polar surface area (TPSA) is 47.7 Å². The van der Waals surface area contributed by atoms with E-state index >= 15 is 0 Å². The van der Waals surface area contributed by atoms with E-state index in [9.17, 15) is 0 Å². The molecule has 0 aromatic carbocycles. The minimum atomic E-state index is 0.332. The molecule has 2 aliphatic heterocycles. The summed E-state index contributed by atoms with van der Waals surface area (Å²) in [6.45, 7) is 7.68. The number of ether oxygens (including phenoxy) is 2. The molecule has 2 rings (SSSR count). The molecule has 94 valence electrons. The van der Waals surface area contributed by atoms with Gasteiger partial charge in [0, 0.05) is 44.8 Å². The fourth-order valence-corrected chi connectivity index (χ4v) is 2.82. The van der Waals surface area contributed by atoms with Crippen molar-refractivity contribution in [1.29, 1.82) is 0 Å². The highest BCUT2D eigenvalue weighted by Crippen LogP contribution is 2.22. The zero-order valence-electron chi connectivity index (χ0n) is 10.2. The fraction of sp³-hybridized carbons (Fsp3) is 1.00. The molecule has 4 nitrogen and oxygen atoms in total. The Balaban J connectivity index is 1.95. The van der Waals surface area contributed by atoms with Crippen LogP contribution in [0.2, 0.25) is 0 Å². The summed E-state index contributed by atoms with van der Waals surface area (Å²) in [6.07, 6.45) is 2.61. The van der Waals surface area contributed by atoms with Crippen molar-refractivity contribution in [2.75, 3.05) is 39.5 Å². The van der Waals surface area contributed by atoms with Gasteiger partial charge in [0.25, 0.3) is 0 Å². The molecule has 3 unspecified atom stereocenters. The summed E-state index contributed by atoms with van der Waals surface area (Å²) in [6, 6.07) is 0.478. The lowest BCUT2D eigenvalue weighted by atomic mass is 9.97. The normalized spacial score (nSPS) is 34.9. The maximum absolute atomic E-state index is 5.94. The van der Waals surface area contributed by atoms with Gasteiger partial charge in [-0.1, -0.05) is 0 Å². The van der Waals surface area contributed by atoms with E-state index in [1.54, 1.807) is 0 Å². The minimum absolute atomic E-state index is 0.332. The average molecular weight is 228 g/mol. The van der Waals surface area contributed by atoms with Gasteiger partial charge in [0.15, 0.2) is 0 Å². The third-order valence-corrected chi connectivity index (χ3v) is 3.70. The smallest absolute Gasteiger partial charge is 0.0674 e. The van der Waals surface area contributed by atoms with Crippen LogP contribution in [-0.2, 0) is 9.47 Å². The second-order valence-electron chi connectivity index (χ2n) is 4.96. The Hall–Kier alpha value is -0.160. The first-order valence-corrected chi connectivity index (χ1v) is 6.44. The Morgan fingerprint density at radius 1 is 1.44 bits per heavy atom. The molecule has 0 saturated carbocycles. The van der Waals surface area contributed by atoms with Gasteiger partial charge in [-0.3, -0.25) is 4.90 Å². The molecule has 0 aromatic heterocycles. The SMILES string of the molecule is CC1CN(C(CN)C2CCOC2)CCCO1. The average Bonchev–Trinajstić information content (AvgIpc) is 2.70. The van der Waals surface area contributed by atoms with Crippen molar-refractivity contribution < 1.29 is 9.47 Å². The van der Waals surface area contributed by atoms with Gasteiger partial charge in [-0.15, -0.1) is 0 Å². The van der Waals surface area contributed by atoms with Gasteiger partial charge < -0.3 is 15.2 Å². The highest BCUT2D eigenvalue weighted by molar-refractivity contribution is 4.84. The monoisotopic (exact) mass is 228 g/mol. The Morgan fingerprint density at radius 3 is 3.00 bits per heavy atom. The molecule has 3 atom stereocenters. The van der Waals surface area contributed by atoms with E-state index in [0.717, 1.165) is 52.3 Å². The van der Waals surface area contributed by atoms with Crippen LogP contribution >= 0.6 is 0 Å². The van der Waals surface area contributed by atoms with Crippen LogP contribution in [0.5, 0.6) is 0 Å². The van der Waals surface area contributed by atoms with Crippen LogP contribution in [0.1, 0.15) is 19.8 Å². The quantitative estimate of drug-likeness (QED) is 0.762. The highest BCUT2D eigenvalue weighted by atomic mass is 16.5. The van der Waals surface area contributed by atoms with Crippen LogP contribution in [0, 0.1) is 5.92 Å². The molecular weight excluding hydrogens is 204 g/mol. The standard InChI is InChI=1S/C12H24N2O2/c1-10-8-14(4-2-5-16-10)12(7-13)11-3-6-15-9-11/h10-12H,2-9,13H2,1H3.